The van der Waals surface area contributed by atoms with Crippen LogP contribution in [0.15, 0.2) is 36.4 Å². The van der Waals surface area contributed by atoms with Gasteiger partial charge in [-0.1, -0.05) is 17.7 Å². The Morgan fingerprint density at radius 1 is 1.19 bits per heavy atom. The van der Waals surface area contributed by atoms with Crippen molar-refractivity contribution in [3.63, 3.8) is 0 Å². The summed E-state index contributed by atoms with van der Waals surface area (Å²) in [6.07, 6.45) is 0. The number of halogens is 1. The predicted octanol–water partition coefficient (Wildman–Crippen LogP) is 3.85. The Morgan fingerprint density at radius 3 is 2.76 bits per heavy atom. The van der Waals surface area contributed by atoms with Crippen molar-refractivity contribution in [3.05, 3.63) is 52.5 Å². The first kappa shape index (κ1) is 13.8. The van der Waals surface area contributed by atoms with Crippen molar-refractivity contribution in [3.8, 4) is 17.2 Å². The Balaban J connectivity index is 1.70. The summed E-state index contributed by atoms with van der Waals surface area (Å²) in [5.41, 5.74) is 1.46. The summed E-state index contributed by atoms with van der Waals surface area (Å²) in [6.45, 7) is 2.11. The van der Waals surface area contributed by atoms with E-state index >= 15 is 0 Å². The number of ether oxygens (including phenoxy) is 3. The van der Waals surface area contributed by atoms with E-state index in [4.69, 9.17) is 25.8 Å². The molecule has 4 nitrogen and oxygen atoms in total. The number of hydrogen-bond donors (Lipinski definition) is 0. The van der Waals surface area contributed by atoms with E-state index in [-0.39, 0.29) is 12.6 Å². The van der Waals surface area contributed by atoms with Crippen molar-refractivity contribution in [2.45, 2.75) is 13.5 Å². The van der Waals surface area contributed by atoms with Crippen LogP contribution in [0, 0.1) is 0 Å². The average Bonchev–Trinajstić information content (AvgIpc) is 2.92. The van der Waals surface area contributed by atoms with Crippen molar-refractivity contribution in [2.75, 3.05) is 6.79 Å². The van der Waals surface area contributed by atoms with E-state index in [1.54, 1.807) is 18.2 Å². The van der Waals surface area contributed by atoms with Gasteiger partial charge in [-0.25, -0.2) is 0 Å². The third-order valence-corrected chi connectivity index (χ3v) is 3.48. The van der Waals surface area contributed by atoms with Crippen LogP contribution in [0.2, 0.25) is 5.02 Å². The summed E-state index contributed by atoms with van der Waals surface area (Å²) in [6, 6.07) is 10.7. The van der Waals surface area contributed by atoms with Crippen LogP contribution in [0.25, 0.3) is 0 Å². The number of fused-ring (bicyclic) bond motifs is 1. The number of rotatable bonds is 4. The first-order valence-electron chi connectivity index (χ1n) is 6.45. The van der Waals surface area contributed by atoms with Gasteiger partial charge >= 0.3 is 0 Å². The van der Waals surface area contributed by atoms with E-state index in [9.17, 15) is 4.79 Å². The minimum absolute atomic E-state index is 0.0673. The highest BCUT2D eigenvalue weighted by molar-refractivity contribution is 6.34. The molecule has 0 saturated carbocycles. The molecule has 0 atom stereocenters. The van der Waals surface area contributed by atoms with E-state index in [0.29, 0.717) is 22.9 Å². The molecule has 1 heterocycles. The summed E-state index contributed by atoms with van der Waals surface area (Å²) in [5, 5.41) is 0.394. The van der Waals surface area contributed by atoms with Gasteiger partial charge in [-0.3, -0.25) is 4.79 Å². The number of carbonyl (C=O) groups is 1. The number of benzene rings is 2. The van der Waals surface area contributed by atoms with Gasteiger partial charge in [-0.15, -0.1) is 0 Å². The highest BCUT2D eigenvalue weighted by Gasteiger charge is 2.13. The lowest BCUT2D eigenvalue weighted by Crippen LogP contribution is -1.98. The monoisotopic (exact) mass is 304 g/mol. The van der Waals surface area contributed by atoms with Crippen molar-refractivity contribution in [1.82, 2.24) is 0 Å². The van der Waals surface area contributed by atoms with Gasteiger partial charge in [-0.2, -0.15) is 0 Å². The first-order valence-corrected chi connectivity index (χ1v) is 6.83. The molecule has 0 fully saturated rings. The summed E-state index contributed by atoms with van der Waals surface area (Å²) in [7, 11) is 0. The van der Waals surface area contributed by atoms with Gasteiger partial charge in [0.25, 0.3) is 0 Å². The third-order valence-electron chi connectivity index (χ3n) is 3.16. The second kappa shape index (κ2) is 5.66. The topological polar surface area (TPSA) is 44.8 Å². The number of ketones is 1. The minimum atomic E-state index is -0.0673. The normalized spacial score (nSPS) is 12.3. The van der Waals surface area contributed by atoms with Crippen LogP contribution >= 0.6 is 11.6 Å². The largest absolute Gasteiger partial charge is 0.489 e. The summed E-state index contributed by atoms with van der Waals surface area (Å²) in [4.78, 5) is 11.3. The quantitative estimate of drug-likeness (QED) is 0.805. The number of hydrogen-bond acceptors (Lipinski definition) is 4. The first-order chi connectivity index (χ1) is 10.1. The molecule has 0 aliphatic carbocycles. The fraction of sp³-hybridized carbons (Fsp3) is 0.188. The Morgan fingerprint density at radius 2 is 2.00 bits per heavy atom. The van der Waals surface area contributed by atoms with Crippen molar-refractivity contribution >= 4 is 17.4 Å². The van der Waals surface area contributed by atoms with Gasteiger partial charge < -0.3 is 14.2 Å². The maximum atomic E-state index is 11.3. The van der Waals surface area contributed by atoms with Crippen LogP contribution in [0.4, 0.5) is 0 Å². The number of carbonyl (C=O) groups excluding carboxylic acids is 1. The minimum Gasteiger partial charge on any atom is -0.489 e. The standard InChI is InChI=1S/C16H13ClO4/c1-10(18)13-4-3-12(7-14(13)17)19-8-11-2-5-15-16(6-11)21-9-20-15/h2-7H,8-9H2,1H3. The van der Waals surface area contributed by atoms with Crippen LogP contribution in [-0.4, -0.2) is 12.6 Å². The fourth-order valence-electron chi connectivity index (χ4n) is 2.07. The molecule has 1 aliphatic rings. The molecule has 0 saturated heterocycles. The molecule has 2 aromatic carbocycles. The maximum Gasteiger partial charge on any atom is 0.231 e. The zero-order valence-electron chi connectivity index (χ0n) is 11.4. The molecule has 2 aromatic rings. The fourth-order valence-corrected chi connectivity index (χ4v) is 2.37. The Labute approximate surface area is 127 Å². The predicted molar refractivity (Wildman–Crippen MR) is 78.4 cm³/mol. The van der Waals surface area contributed by atoms with E-state index in [1.165, 1.54) is 6.92 Å². The van der Waals surface area contributed by atoms with Crippen LogP contribution in [0.5, 0.6) is 17.2 Å². The highest BCUT2D eigenvalue weighted by atomic mass is 35.5. The summed E-state index contributed by atoms with van der Waals surface area (Å²) < 4.78 is 16.2. The van der Waals surface area contributed by atoms with Gasteiger partial charge in [-0.05, 0) is 42.8 Å². The second-order valence-electron chi connectivity index (χ2n) is 4.67. The van der Waals surface area contributed by atoms with Crippen LogP contribution < -0.4 is 14.2 Å². The van der Waals surface area contributed by atoms with E-state index in [1.807, 2.05) is 18.2 Å². The Bertz CT molecular complexity index is 697. The molecule has 1 aliphatic heterocycles. The average molecular weight is 305 g/mol. The second-order valence-corrected chi connectivity index (χ2v) is 5.08. The van der Waals surface area contributed by atoms with E-state index in [0.717, 1.165) is 17.1 Å². The molecule has 21 heavy (non-hydrogen) atoms. The van der Waals surface area contributed by atoms with Crippen LogP contribution in [0.1, 0.15) is 22.8 Å². The maximum absolute atomic E-state index is 11.3. The van der Waals surface area contributed by atoms with Crippen LogP contribution in [-0.2, 0) is 6.61 Å². The highest BCUT2D eigenvalue weighted by Crippen LogP contribution is 2.33. The number of Topliss-reactive ketones (excluding diaryl/α,β-unsaturated/α-hetero) is 1. The molecule has 0 amide bonds. The van der Waals surface area contributed by atoms with Crippen LogP contribution in [0.3, 0.4) is 0 Å². The van der Waals surface area contributed by atoms with Crippen molar-refractivity contribution in [2.24, 2.45) is 0 Å². The Kier molecular flexibility index (Phi) is 3.71. The molecule has 3 rings (SSSR count). The van der Waals surface area contributed by atoms with E-state index < -0.39 is 0 Å². The molecular weight excluding hydrogens is 292 g/mol. The van der Waals surface area contributed by atoms with Gasteiger partial charge in [0.2, 0.25) is 6.79 Å². The lowest BCUT2D eigenvalue weighted by atomic mass is 10.1. The molecule has 0 radical (unpaired) electrons. The Hall–Kier alpha value is -2.20. The molecular formula is C16H13ClO4. The molecule has 108 valence electrons. The summed E-state index contributed by atoms with van der Waals surface area (Å²) >= 11 is 6.05. The van der Waals surface area contributed by atoms with Crippen molar-refractivity contribution < 1.29 is 19.0 Å². The van der Waals surface area contributed by atoms with Gasteiger partial charge in [0.1, 0.15) is 12.4 Å². The molecule has 0 bridgehead atoms. The zero-order chi connectivity index (χ0) is 14.8. The summed E-state index contributed by atoms with van der Waals surface area (Å²) in [5.74, 6) is 2.01. The molecule has 0 spiro atoms. The molecule has 0 aromatic heterocycles. The van der Waals surface area contributed by atoms with E-state index in [2.05, 4.69) is 0 Å². The lowest BCUT2D eigenvalue weighted by Gasteiger charge is -2.08. The van der Waals surface area contributed by atoms with Gasteiger partial charge in [0, 0.05) is 5.56 Å². The molecule has 0 N–H and O–H groups in total. The third kappa shape index (κ3) is 2.95. The SMILES string of the molecule is CC(=O)c1ccc(OCc2ccc3c(c2)OCO3)cc1Cl. The van der Waals surface area contributed by atoms with Crippen molar-refractivity contribution in [1.29, 1.82) is 0 Å². The zero-order valence-corrected chi connectivity index (χ0v) is 12.1. The van der Waals surface area contributed by atoms with Gasteiger partial charge in [0.05, 0.1) is 5.02 Å². The molecule has 0 unspecified atom stereocenters. The lowest BCUT2D eigenvalue weighted by molar-refractivity contribution is 0.101. The molecule has 5 heteroatoms. The van der Waals surface area contributed by atoms with Gasteiger partial charge in [0.15, 0.2) is 17.3 Å². The smallest absolute Gasteiger partial charge is 0.231 e.